The van der Waals surface area contributed by atoms with Crippen LogP contribution in [0.2, 0.25) is 0 Å². The number of fused-ring (bicyclic) bond motifs is 1. The molecule has 0 radical (unpaired) electrons. The van der Waals surface area contributed by atoms with Crippen LogP contribution in [0.4, 0.5) is 0 Å². The molecule has 2 aromatic carbocycles. The third kappa shape index (κ3) is 3.08. The second-order valence-corrected chi connectivity index (χ2v) is 6.49. The smallest absolute Gasteiger partial charge is 0.372 e. The minimum absolute atomic E-state index is 0.326. The van der Waals surface area contributed by atoms with Gasteiger partial charge in [-0.25, -0.2) is 9.59 Å². The van der Waals surface area contributed by atoms with Crippen LogP contribution in [-0.2, 0) is 0 Å². The van der Waals surface area contributed by atoms with Crippen molar-refractivity contribution in [1.82, 2.24) is 0 Å². The largest absolute Gasteiger partial charge is 0.475 e. The first-order chi connectivity index (χ1) is 11.6. The number of benzene rings is 2. The number of carbonyl (C=O) groups is 1. The van der Waals surface area contributed by atoms with Crippen molar-refractivity contribution in [3.8, 4) is 11.1 Å². The van der Waals surface area contributed by atoms with Crippen molar-refractivity contribution in [2.75, 3.05) is 5.75 Å². The molecule has 3 rings (SSSR count). The summed E-state index contributed by atoms with van der Waals surface area (Å²) in [5.74, 6) is -0.548. The third-order valence-electron chi connectivity index (χ3n) is 3.65. The van der Waals surface area contributed by atoms with Crippen LogP contribution in [0.25, 0.3) is 21.9 Å². The van der Waals surface area contributed by atoms with Gasteiger partial charge in [-0.3, -0.25) is 0 Å². The Bertz CT molecular complexity index is 942. The molecule has 1 N–H and O–H groups in total. The Morgan fingerprint density at radius 1 is 1.08 bits per heavy atom. The second kappa shape index (κ2) is 6.93. The van der Waals surface area contributed by atoms with Gasteiger partial charge in [0.1, 0.15) is 0 Å². The van der Waals surface area contributed by atoms with Crippen molar-refractivity contribution in [3.05, 3.63) is 64.7 Å². The molecule has 0 bridgehead atoms. The molecule has 122 valence electrons. The van der Waals surface area contributed by atoms with Crippen LogP contribution in [-0.4, -0.2) is 16.8 Å². The minimum atomic E-state index is -1.25. The highest BCUT2D eigenvalue weighted by atomic mass is 32.2. The van der Waals surface area contributed by atoms with Crippen LogP contribution >= 0.6 is 11.8 Å². The minimum Gasteiger partial charge on any atom is -0.475 e. The second-order valence-electron chi connectivity index (χ2n) is 5.32. The zero-order valence-corrected chi connectivity index (χ0v) is 13.9. The maximum Gasteiger partial charge on any atom is 0.372 e. The van der Waals surface area contributed by atoms with Gasteiger partial charge < -0.3 is 9.52 Å². The molecular formula is C19H16O4S. The van der Waals surface area contributed by atoms with Crippen molar-refractivity contribution < 1.29 is 14.3 Å². The van der Waals surface area contributed by atoms with Gasteiger partial charge in [0.2, 0.25) is 5.76 Å². The van der Waals surface area contributed by atoms with E-state index >= 15 is 0 Å². The summed E-state index contributed by atoms with van der Waals surface area (Å²) in [7, 11) is 0. The monoisotopic (exact) mass is 340 g/mol. The Labute approximate surface area is 143 Å². The number of rotatable bonds is 5. The quantitative estimate of drug-likeness (QED) is 0.684. The summed E-state index contributed by atoms with van der Waals surface area (Å²) in [6.07, 6.45) is 1.09. The van der Waals surface area contributed by atoms with Crippen molar-refractivity contribution >= 4 is 28.5 Å². The Morgan fingerprint density at radius 3 is 2.38 bits per heavy atom. The molecule has 0 unspecified atom stereocenters. The fraction of sp³-hybridized carbons (Fsp3) is 0.158. The van der Waals surface area contributed by atoms with Gasteiger partial charge in [-0.15, -0.1) is 11.8 Å². The first-order valence-electron chi connectivity index (χ1n) is 7.64. The molecule has 3 aromatic rings. The van der Waals surface area contributed by atoms with E-state index in [0.29, 0.717) is 21.9 Å². The molecule has 0 aliphatic carbocycles. The number of carboxylic acids is 1. The van der Waals surface area contributed by atoms with E-state index in [1.165, 1.54) is 0 Å². The fourth-order valence-corrected chi connectivity index (χ4v) is 3.34. The van der Waals surface area contributed by atoms with Crippen LogP contribution in [0, 0.1) is 0 Å². The van der Waals surface area contributed by atoms with E-state index in [1.807, 2.05) is 24.3 Å². The predicted octanol–water partition coefficient (Wildman–Crippen LogP) is 4.66. The molecule has 0 fully saturated rings. The average Bonchev–Trinajstić information content (AvgIpc) is 2.60. The van der Waals surface area contributed by atoms with Gasteiger partial charge in [-0.05, 0) is 35.9 Å². The molecule has 0 aliphatic heterocycles. The van der Waals surface area contributed by atoms with E-state index in [-0.39, 0.29) is 5.76 Å². The molecule has 1 heterocycles. The number of carboxylic acid groups (broad SMARTS) is 1. The van der Waals surface area contributed by atoms with E-state index in [2.05, 4.69) is 6.92 Å². The van der Waals surface area contributed by atoms with E-state index in [9.17, 15) is 14.7 Å². The van der Waals surface area contributed by atoms with Crippen molar-refractivity contribution in [1.29, 1.82) is 0 Å². The lowest BCUT2D eigenvalue weighted by atomic mass is 9.98. The van der Waals surface area contributed by atoms with E-state index in [1.54, 1.807) is 36.0 Å². The number of aromatic carboxylic acids is 1. The highest BCUT2D eigenvalue weighted by molar-refractivity contribution is 7.99. The number of hydrogen-bond acceptors (Lipinski definition) is 4. The number of hydrogen-bond donors (Lipinski definition) is 1. The highest BCUT2D eigenvalue weighted by Crippen LogP contribution is 2.32. The molecule has 1 aromatic heterocycles. The summed E-state index contributed by atoms with van der Waals surface area (Å²) >= 11 is 1.75. The molecular weight excluding hydrogens is 324 g/mol. The van der Waals surface area contributed by atoms with Crippen LogP contribution < -0.4 is 5.63 Å². The van der Waals surface area contributed by atoms with Gasteiger partial charge in [0, 0.05) is 15.8 Å². The molecule has 4 nitrogen and oxygen atoms in total. The zero-order valence-electron chi connectivity index (χ0n) is 13.1. The van der Waals surface area contributed by atoms with Gasteiger partial charge in [-0.1, -0.05) is 37.3 Å². The van der Waals surface area contributed by atoms with Crippen LogP contribution in [0.1, 0.15) is 23.9 Å². The lowest BCUT2D eigenvalue weighted by Gasteiger charge is -2.10. The first kappa shape index (κ1) is 16.3. The van der Waals surface area contributed by atoms with Crippen molar-refractivity contribution in [2.24, 2.45) is 0 Å². The highest BCUT2D eigenvalue weighted by Gasteiger charge is 2.20. The van der Waals surface area contributed by atoms with Crippen molar-refractivity contribution in [2.45, 2.75) is 18.2 Å². The lowest BCUT2D eigenvalue weighted by Crippen LogP contribution is -2.09. The summed E-state index contributed by atoms with van der Waals surface area (Å²) in [6.45, 7) is 2.12. The zero-order chi connectivity index (χ0) is 17.1. The molecule has 0 amide bonds. The summed E-state index contributed by atoms with van der Waals surface area (Å²) in [4.78, 5) is 24.7. The van der Waals surface area contributed by atoms with Gasteiger partial charge in [0.15, 0.2) is 0 Å². The molecule has 5 heteroatoms. The molecule has 0 atom stereocenters. The summed E-state index contributed by atoms with van der Waals surface area (Å²) < 4.78 is 5.07. The third-order valence-corrected chi connectivity index (χ3v) is 4.87. The first-order valence-corrected chi connectivity index (χ1v) is 8.62. The summed E-state index contributed by atoms with van der Waals surface area (Å²) in [6, 6.07) is 14.5. The maximum atomic E-state index is 12.0. The van der Waals surface area contributed by atoms with Crippen LogP contribution in [0.5, 0.6) is 0 Å². The summed E-state index contributed by atoms with van der Waals surface area (Å²) in [5.41, 5.74) is 0.514. The number of thioether (sulfide) groups is 1. The van der Waals surface area contributed by atoms with E-state index in [4.69, 9.17) is 4.42 Å². The Balaban J connectivity index is 2.20. The van der Waals surface area contributed by atoms with Crippen LogP contribution in [0.15, 0.2) is 62.6 Å². The Hall–Kier alpha value is -2.53. The predicted molar refractivity (Wildman–Crippen MR) is 95.9 cm³/mol. The average molecular weight is 340 g/mol. The molecule has 0 aliphatic rings. The SMILES string of the molecule is CCCSc1ccc(-c2c(C(=O)O)oc(=O)c3ccccc23)cc1. The fourth-order valence-electron chi connectivity index (χ4n) is 2.58. The Kier molecular flexibility index (Phi) is 4.71. The topological polar surface area (TPSA) is 67.5 Å². The normalized spacial score (nSPS) is 10.9. The maximum absolute atomic E-state index is 12.0. The van der Waals surface area contributed by atoms with Gasteiger partial charge >= 0.3 is 11.6 Å². The molecule has 0 spiro atoms. The van der Waals surface area contributed by atoms with E-state index < -0.39 is 11.6 Å². The molecule has 24 heavy (non-hydrogen) atoms. The van der Waals surface area contributed by atoms with Gasteiger partial charge in [-0.2, -0.15) is 0 Å². The van der Waals surface area contributed by atoms with Gasteiger partial charge in [0.05, 0.1) is 5.39 Å². The van der Waals surface area contributed by atoms with Gasteiger partial charge in [0.25, 0.3) is 0 Å². The summed E-state index contributed by atoms with van der Waals surface area (Å²) in [5, 5.41) is 10.4. The lowest BCUT2D eigenvalue weighted by molar-refractivity contribution is 0.0659. The standard InChI is InChI=1S/C19H16O4S/c1-2-11-24-13-9-7-12(8-10-13)16-14-5-3-4-6-15(14)19(22)23-17(16)18(20)21/h3-10H,2,11H2,1H3,(H,20,21). The Morgan fingerprint density at radius 2 is 1.75 bits per heavy atom. The molecule has 0 saturated heterocycles. The van der Waals surface area contributed by atoms with E-state index in [0.717, 1.165) is 17.1 Å². The molecule has 0 saturated carbocycles. The van der Waals surface area contributed by atoms with Crippen LogP contribution in [0.3, 0.4) is 0 Å². The van der Waals surface area contributed by atoms with Crippen molar-refractivity contribution in [3.63, 3.8) is 0 Å².